The van der Waals surface area contributed by atoms with Gasteiger partial charge in [-0.15, -0.1) is 0 Å². The molecule has 3 aromatic rings. The maximum atomic E-state index is 13.8. The van der Waals surface area contributed by atoms with E-state index < -0.39 is 42.5 Å². The molecule has 326 valence electrons. The van der Waals surface area contributed by atoms with Crippen molar-refractivity contribution in [2.75, 3.05) is 6.61 Å². The number of hydrogen-bond acceptors (Lipinski definition) is 8. The minimum Gasteiger partial charge on any atom is -0.452 e. The smallest absolute Gasteiger partial charge is 0.338 e. The fourth-order valence-corrected chi connectivity index (χ4v) is 12.5. The number of carbonyl (C=O) groups excluding carboxylic acids is 3. The molecule has 1 heterocycles. The van der Waals surface area contributed by atoms with Crippen LogP contribution >= 0.6 is 0 Å². The zero-order valence-electron chi connectivity index (χ0n) is 36.8. The van der Waals surface area contributed by atoms with E-state index in [1.807, 2.05) is 18.2 Å². The minimum atomic E-state index is -1.24. The Bertz CT molecular complexity index is 2000. The molecule has 1 saturated heterocycles. The molecule has 4 aliphatic carbocycles. The fourth-order valence-electron chi connectivity index (χ4n) is 12.5. The molecule has 5 aliphatic rings. The molecule has 0 amide bonds. The van der Waals surface area contributed by atoms with Crippen molar-refractivity contribution >= 4 is 17.9 Å². The molecule has 0 bridgehead atoms. The first-order valence-electron chi connectivity index (χ1n) is 23.2. The standard InChI is InChI=1S/C53H66O8/c1-34(2)16-15-17-35(3)42-26-27-43-41-25-24-39-32-40(28-30-52(39,4)44(41)29-31-53(42,43)5)58-51-47(61-50(56)38-22-13-8-14-23-38)46(60-49(55)37-20-11-7-12-21-37)45(33-57-51)59-48(54)36-18-9-6-10-19-36/h6-14,18-24,34-35,40-47,51H,15-17,25-33H2,1-5H3/t35-,40+,41+,42-,43+,44+,45+,46+,47-,51+,52+,53-/m1/s1. The van der Waals surface area contributed by atoms with Crippen LogP contribution in [0.5, 0.6) is 0 Å². The molecule has 61 heavy (non-hydrogen) atoms. The summed E-state index contributed by atoms with van der Waals surface area (Å²) in [5.41, 5.74) is 2.99. The zero-order valence-corrected chi connectivity index (χ0v) is 36.8. The number of ether oxygens (including phenoxy) is 5. The van der Waals surface area contributed by atoms with E-state index in [0.29, 0.717) is 28.0 Å². The van der Waals surface area contributed by atoms with E-state index in [-0.39, 0.29) is 18.1 Å². The van der Waals surface area contributed by atoms with Gasteiger partial charge in [0.05, 0.1) is 29.4 Å². The molecule has 8 heteroatoms. The normalized spacial score (nSPS) is 33.6. The highest BCUT2D eigenvalue weighted by atomic mass is 16.7. The van der Waals surface area contributed by atoms with E-state index in [0.717, 1.165) is 55.3 Å². The summed E-state index contributed by atoms with van der Waals surface area (Å²) in [6.07, 6.45) is 10.8. The average molecular weight is 831 g/mol. The molecule has 0 radical (unpaired) electrons. The number of hydrogen-bond donors (Lipinski definition) is 0. The Morgan fingerprint density at radius 3 is 1.89 bits per heavy atom. The van der Waals surface area contributed by atoms with Gasteiger partial charge in [0.1, 0.15) is 0 Å². The Hall–Kier alpha value is -4.27. The minimum absolute atomic E-state index is 0.113. The summed E-state index contributed by atoms with van der Waals surface area (Å²) in [7, 11) is 0. The van der Waals surface area contributed by atoms with Gasteiger partial charge >= 0.3 is 17.9 Å². The van der Waals surface area contributed by atoms with Gasteiger partial charge in [-0.05, 0) is 134 Å². The molecule has 4 fully saturated rings. The molecular formula is C53H66O8. The monoisotopic (exact) mass is 830 g/mol. The lowest BCUT2D eigenvalue weighted by Gasteiger charge is -2.58. The van der Waals surface area contributed by atoms with E-state index in [1.54, 1.807) is 72.8 Å². The first kappa shape index (κ1) is 43.4. The summed E-state index contributed by atoms with van der Waals surface area (Å²) < 4.78 is 31.7. The number of benzene rings is 3. The van der Waals surface area contributed by atoms with Gasteiger partial charge in [0.15, 0.2) is 24.6 Å². The molecule has 3 aromatic carbocycles. The Labute approximate surface area is 363 Å². The van der Waals surface area contributed by atoms with Gasteiger partial charge in [0.2, 0.25) is 0 Å². The van der Waals surface area contributed by atoms with Gasteiger partial charge in [0.25, 0.3) is 0 Å². The highest BCUT2D eigenvalue weighted by Crippen LogP contribution is 2.67. The summed E-state index contributed by atoms with van der Waals surface area (Å²) in [6.45, 7) is 12.3. The maximum Gasteiger partial charge on any atom is 0.338 e. The molecule has 12 atom stereocenters. The second-order valence-electron chi connectivity index (χ2n) is 19.8. The first-order chi connectivity index (χ1) is 29.4. The summed E-state index contributed by atoms with van der Waals surface area (Å²) in [6, 6.07) is 25.9. The third-order valence-corrected chi connectivity index (χ3v) is 15.7. The lowest BCUT2D eigenvalue weighted by molar-refractivity contribution is -0.282. The van der Waals surface area contributed by atoms with E-state index in [1.165, 1.54) is 50.5 Å². The maximum absolute atomic E-state index is 13.8. The molecule has 0 unspecified atom stereocenters. The zero-order chi connectivity index (χ0) is 42.7. The van der Waals surface area contributed by atoms with Crippen molar-refractivity contribution in [3.63, 3.8) is 0 Å². The molecule has 0 N–H and O–H groups in total. The van der Waals surface area contributed by atoms with Crippen LogP contribution in [-0.2, 0) is 23.7 Å². The van der Waals surface area contributed by atoms with Crippen LogP contribution in [-0.4, -0.2) is 55.2 Å². The summed E-state index contributed by atoms with van der Waals surface area (Å²) in [5.74, 6) is 2.67. The summed E-state index contributed by atoms with van der Waals surface area (Å²) in [4.78, 5) is 41.0. The number of fused-ring (bicyclic) bond motifs is 5. The quantitative estimate of drug-likeness (QED) is 0.0954. The molecular weight excluding hydrogens is 765 g/mol. The van der Waals surface area contributed by atoms with E-state index in [2.05, 4.69) is 40.7 Å². The van der Waals surface area contributed by atoms with E-state index in [4.69, 9.17) is 23.7 Å². The topological polar surface area (TPSA) is 97.4 Å². The predicted molar refractivity (Wildman–Crippen MR) is 235 cm³/mol. The van der Waals surface area contributed by atoms with Crippen LogP contribution < -0.4 is 0 Å². The number of esters is 3. The van der Waals surface area contributed by atoms with Crippen LogP contribution in [0.2, 0.25) is 0 Å². The van der Waals surface area contributed by atoms with Crippen LogP contribution in [0.25, 0.3) is 0 Å². The largest absolute Gasteiger partial charge is 0.452 e. The van der Waals surface area contributed by atoms with Crippen molar-refractivity contribution in [3.8, 4) is 0 Å². The van der Waals surface area contributed by atoms with Gasteiger partial charge in [-0.1, -0.05) is 120 Å². The van der Waals surface area contributed by atoms with Crippen molar-refractivity contribution in [2.45, 2.75) is 136 Å². The Balaban J connectivity index is 1.01. The molecule has 8 nitrogen and oxygen atoms in total. The third-order valence-electron chi connectivity index (χ3n) is 15.7. The van der Waals surface area contributed by atoms with Gasteiger partial charge in [-0.3, -0.25) is 0 Å². The van der Waals surface area contributed by atoms with Gasteiger partial charge in [0, 0.05) is 0 Å². The van der Waals surface area contributed by atoms with Crippen LogP contribution in [0.4, 0.5) is 0 Å². The van der Waals surface area contributed by atoms with Crippen LogP contribution in [0.3, 0.4) is 0 Å². The van der Waals surface area contributed by atoms with Crippen LogP contribution in [0.1, 0.15) is 136 Å². The van der Waals surface area contributed by atoms with E-state index in [9.17, 15) is 14.4 Å². The van der Waals surface area contributed by atoms with Gasteiger partial charge in [-0.25, -0.2) is 14.4 Å². The second kappa shape index (κ2) is 18.6. The SMILES string of the molecule is CC(C)CCC[C@@H](C)[C@H]1CC[C@H]2[C@@H]3CC=C4C[C@@H](O[C@@H]5OC[C@H](OC(=O)c6ccccc6)[C@H](OC(=O)c6ccccc6)[C@H]5OC(=O)c5ccccc5)CC[C@]4(C)[C@H]3CC[C@]12C. The third kappa shape index (κ3) is 9.13. The summed E-state index contributed by atoms with van der Waals surface area (Å²) >= 11 is 0. The fraction of sp³-hybridized carbons (Fsp3) is 0.566. The number of allylic oxidation sites excluding steroid dienone is 1. The van der Waals surface area contributed by atoms with Crippen molar-refractivity contribution in [2.24, 2.45) is 46.3 Å². The highest BCUT2D eigenvalue weighted by molar-refractivity contribution is 5.91. The molecule has 3 saturated carbocycles. The summed E-state index contributed by atoms with van der Waals surface area (Å²) in [5, 5.41) is 0. The van der Waals surface area contributed by atoms with Crippen molar-refractivity contribution in [1.29, 1.82) is 0 Å². The molecule has 0 aromatic heterocycles. The van der Waals surface area contributed by atoms with Gasteiger partial charge < -0.3 is 23.7 Å². The Morgan fingerprint density at radius 2 is 1.28 bits per heavy atom. The second-order valence-corrected chi connectivity index (χ2v) is 19.8. The van der Waals surface area contributed by atoms with E-state index >= 15 is 0 Å². The lowest BCUT2D eigenvalue weighted by Crippen LogP contribution is -2.59. The average Bonchev–Trinajstić information content (AvgIpc) is 3.63. The van der Waals surface area contributed by atoms with Crippen LogP contribution in [0.15, 0.2) is 103 Å². The Kier molecular flexibility index (Phi) is 13.2. The van der Waals surface area contributed by atoms with Crippen molar-refractivity contribution in [1.82, 2.24) is 0 Å². The predicted octanol–water partition coefficient (Wildman–Crippen LogP) is 11.4. The molecule has 0 spiro atoms. The first-order valence-corrected chi connectivity index (χ1v) is 23.2. The number of carbonyl (C=O) groups is 3. The van der Waals surface area contributed by atoms with Crippen molar-refractivity contribution in [3.05, 3.63) is 119 Å². The highest BCUT2D eigenvalue weighted by Gasteiger charge is 2.59. The van der Waals surface area contributed by atoms with Gasteiger partial charge in [-0.2, -0.15) is 0 Å². The van der Waals surface area contributed by atoms with Crippen molar-refractivity contribution < 1.29 is 38.1 Å². The Morgan fingerprint density at radius 1 is 0.689 bits per heavy atom. The van der Waals surface area contributed by atoms with Crippen LogP contribution in [0, 0.1) is 46.3 Å². The molecule has 1 aliphatic heterocycles. The number of rotatable bonds is 13. The molecule has 8 rings (SSSR count). The lowest BCUT2D eigenvalue weighted by atomic mass is 9.47.